The second kappa shape index (κ2) is 4.60. The standard InChI is InChI=1S/C17H18N2O/c20-17(19-10-15-8-18-9-16(15)11-19)14-6-5-12-3-1-2-4-13(12)7-14/h1-7,15-16,18H,8-11H2/t15-,16-/m1/s1. The van der Waals surface area contributed by atoms with Crippen molar-refractivity contribution in [3.63, 3.8) is 0 Å². The third-order valence-electron chi connectivity index (χ3n) is 4.67. The zero-order valence-corrected chi connectivity index (χ0v) is 11.4. The van der Waals surface area contributed by atoms with Gasteiger partial charge in [0.15, 0.2) is 0 Å². The van der Waals surface area contributed by atoms with Gasteiger partial charge in [-0.05, 0) is 34.7 Å². The average molecular weight is 266 g/mol. The van der Waals surface area contributed by atoms with Crippen molar-refractivity contribution >= 4 is 16.7 Å². The highest BCUT2D eigenvalue weighted by atomic mass is 16.2. The fourth-order valence-corrected chi connectivity index (χ4v) is 3.53. The van der Waals surface area contributed by atoms with Crippen molar-refractivity contribution in [1.82, 2.24) is 10.2 Å². The zero-order chi connectivity index (χ0) is 13.5. The molecule has 0 unspecified atom stereocenters. The van der Waals surface area contributed by atoms with Gasteiger partial charge in [0.1, 0.15) is 0 Å². The molecule has 20 heavy (non-hydrogen) atoms. The van der Waals surface area contributed by atoms with Gasteiger partial charge < -0.3 is 10.2 Å². The molecule has 0 aliphatic carbocycles. The van der Waals surface area contributed by atoms with Crippen LogP contribution in [0, 0.1) is 11.8 Å². The number of carbonyl (C=O) groups is 1. The van der Waals surface area contributed by atoms with Crippen molar-refractivity contribution in [3.05, 3.63) is 48.0 Å². The maximum absolute atomic E-state index is 12.6. The highest BCUT2D eigenvalue weighted by molar-refractivity contribution is 5.98. The molecule has 3 heteroatoms. The van der Waals surface area contributed by atoms with Gasteiger partial charge in [-0.25, -0.2) is 0 Å². The van der Waals surface area contributed by atoms with E-state index in [-0.39, 0.29) is 5.91 Å². The number of hydrogen-bond acceptors (Lipinski definition) is 2. The number of carbonyl (C=O) groups excluding carboxylic acids is 1. The first-order valence-corrected chi connectivity index (χ1v) is 7.30. The number of nitrogens with one attached hydrogen (secondary N) is 1. The Morgan fingerprint density at radius 2 is 1.70 bits per heavy atom. The Labute approximate surface area is 118 Å². The summed E-state index contributed by atoms with van der Waals surface area (Å²) in [5.41, 5.74) is 0.816. The van der Waals surface area contributed by atoms with Gasteiger partial charge in [0.2, 0.25) is 0 Å². The number of fused-ring (bicyclic) bond motifs is 2. The molecule has 2 aromatic carbocycles. The summed E-state index contributed by atoms with van der Waals surface area (Å²) in [7, 11) is 0. The highest BCUT2D eigenvalue weighted by Gasteiger charge is 2.38. The number of hydrogen-bond donors (Lipinski definition) is 1. The van der Waals surface area contributed by atoms with Crippen molar-refractivity contribution in [2.45, 2.75) is 0 Å². The topological polar surface area (TPSA) is 32.3 Å². The van der Waals surface area contributed by atoms with E-state index in [0.717, 1.165) is 37.1 Å². The minimum Gasteiger partial charge on any atom is -0.338 e. The van der Waals surface area contributed by atoms with Gasteiger partial charge in [0.05, 0.1) is 0 Å². The van der Waals surface area contributed by atoms with Crippen LogP contribution in [0.2, 0.25) is 0 Å². The third kappa shape index (κ3) is 1.90. The smallest absolute Gasteiger partial charge is 0.253 e. The zero-order valence-electron chi connectivity index (χ0n) is 11.4. The number of nitrogens with zero attached hydrogens (tertiary/aromatic N) is 1. The molecule has 2 aromatic rings. The summed E-state index contributed by atoms with van der Waals surface area (Å²) in [5.74, 6) is 1.49. The number of rotatable bonds is 1. The van der Waals surface area contributed by atoms with E-state index in [1.807, 2.05) is 35.2 Å². The maximum atomic E-state index is 12.6. The summed E-state index contributed by atoms with van der Waals surface area (Å²) in [6.45, 7) is 3.94. The second-order valence-corrected chi connectivity index (χ2v) is 5.95. The Hall–Kier alpha value is -1.87. The molecule has 2 aliphatic heterocycles. The molecule has 0 aromatic heterocycles. The van der Waals surface area contributed by atoms with Gasteiger partial charge in [-0.15, -0.1) is 0 Å². The van der Waals surface area contributed by atoms with Crippen LogP contribution in [0.4, 0.5) is 0 Å². The fraction of sp³-hybridized carbons (Fsp3) is 0.353. The molecule has 2 aliphatic rings. The molecule has 2 saturated heterocycles. The molecular formula is C17H18N2O. The Morgan fingerprint density at radius 3 is 2.45 bits per heavy atom. The minimum atomic E-state index is 0.185. The number of amides is 1. The largest absolute Gasteiger partial charge is 0.338 e. The van der Waals surface area contributed by atoms with E-state index in [0.29, 0.717) is 11.8 Å². The van der Waals surface area contributed by atoms with Crippen molar-refractivity contribution < 1.29 is 4.79 Å². The van der Waals surface area contributed by atoms with Gasteiger partial charge in [-0.3, -0.25) is 4.79 Å². The van der Waals surface area contributed by atoms with E-state index in [1.54, 1.807) is 0 Å². The summed E-state index contributed by atoms with van der Waals surface area (Å²) in [4.78, 5) is 14.7. The molecule has 0 bridgehead atoms. The highest BCUT2D eigenvalue weighted by Crippen LogP contribution is 2.28. The second-order valence-electron chi connectivity index (χ2n) is 5.95. The lowest BCUT2D eigenvalue weighted by atomic mass is 10.0. The normalized spacial score (nSPS) is 25.1. The van der Waals surface area contributed by atoms with E-state index >= 15 is 0 Å². The lowest BCUT2D eigenvalue weighted by Crippen LogP contribution is -2.31. The van der Waals surface area contributed by atoms with Crippen molar-refractivity contribution in [1.29, 1.82) is 0 Å². The van der Waals surface area contributed by atoms with Crippen LogP contribution >= 0.6 is 0 Å². The van der Waals surface area contributed by atoms with Crippen LogP contribution in [0.1, 0.15) is 10.4 Å². The van der Waals surface area contributed by atoms with Crippen molar-refractivity contribution in [3.8, 4) is 0 Å². The van der Waals surface area contributed by atoms with Gasteiger partial charge >= 0.3 is 0 Å². The van der Waals surface area contributed by atoms with Gasteiger partial charge in [0.25, 0.3) is 5.91 Å². The van der Waals surface area contributed by atoms with Crippen LogP contribution in [0.5, 0.6) is 0 Å². The van der Waals surface area contributed by atoms with Gasteiger partial charge in [0, 0.05) is 31.7 Å². The van der Waals surface area contributed by atoms with Crippen LogP contribution < -0.4 is 5.32 Å². The van der Waals surface area contributed by atoms with Crippen LogP contribution in [0.15, 0.2) is 42.5 Å². The van der Waals surface area contributed by atoms with E-state index in [1.165, 1.54) is 5.39 Å². The molecule has 102 valence electrons. The summed E-state index contributed by atoms with van der Waals surface area (Å²) >= 11 is 0. The van der Waals surface area contributed by atoms with Crippen LogP contribution in [-0.2, 0) is 0 Å². The van der Waals surface area contributed by atoms with Crippen LogP contribution in [0.25, 0.3) is 10.8 Å². The lowest BCUT2D eigenvalue weighted by molar-refractivity contribution is 0.0782. The molecule has 2 fully saturated rings. The maximum Gasteiger partial charge on any atom is 0.253 e. The third-order valence-corrected chi connectivity index (χ3v) is 4.67. The summed E-state index contributed by atoms with van der Waals surface area (Å²) in [6, 6.07) is 14.2. The quantitative estimate of drug-likeness (QED) is 0.857. The molecule has 1 amide bonds. The summed E-state index contributed by atoms with van der Waals surface area (Å²) in [6.07, 6.45) is 0. The molecule has 2 heterocycles. The average Bonchev–Trinajstić information content (AvgIpc) is 3.07. The van der Waals surface area contributed by atoms with Crippen molar-refractivity contribution in [2.24, 2.45) is 11.8 Å². The molecule has 4 rings (SSSR count). The Bertz CT molecular complexity index is 655. The lowest BCUT2D eigenvalue weighted by Gasteiger charge is -2.17. The Morgan fingerprint density at radius 1 is 1.00 bits per heavy atom. The fourth-order valence-electron chi connectivity index (χ4n) is 3.53. The summed E-state index contributed by atoms with van der Waals surface area (Å²) < 4.78 is 0. The molecule has 0 spiro atoms. The minimum absolute atomic E-state index is 0.185. The van der Waals surface area contributed by atoms with E-state index in [4.69, 9.17) is 0 Å². The molecule has 1 N–H and O–H groups in total. The first-order chi connectivity index (χ1) is 9.81. The summed E-state index contributed by atoms with van der Waals surface area (Å²) in [5, 5.41) is 5.73. The number of benzene rings is 2. The predicted molar refractivity (Wildman–Crippen MR) is 79.7 cm³/mol. The number of likely N-dealkylation sites (tertiary alicyclic amines) is 1. The molecule has 2 atom stereocenters. The monoisotopic (exact) mass is 266 g/mol. The van der Waals surface area contributed by atoms with Gasteiger partial charge in [-0.2, -0.15) is 0 Å². The van der Waals surface area contributed by atoms with E-state index in [2.05, 4.69) is 17.4 Å². The Kier molecular flexibility index (Phi) is 2.74. The first-order valence-electron chi connectivity index (χ1n) is 7.30. The van der Waals surface area contributed by atoms with Gasteiger partial charge in [-0.1, -0.05) is 30.3 Å². The SMILES string of the molecule is O=C(c1ccc2ccccc2c1)N1C[C@H]2CNC[C@@H]2C1. The Balaban J connectivity index is 1.61. The molecular weight excluding hydrogens is 248 g/mol. The molecule has 0 saturated carbocycles. The first kappa shape index (κ1) is 11.9. The van der Waals surface area contributed by atoms with Crippen molar-refractivity contribution in [2.75, 3.05) is 26.2 Å². The molecule has 0 radical (unpaired) electrons. The predicted octanol–water partition coefficient (Wildman–Crippen LogP) is 2.13. The van der Waals surface area contributed by atoms with E-state index < -0.39 is 0 Å². The van der Waals surface area contributed by atoms with Crippen LogP contribution in [-0.4, -0.2) is 37.0 Å². The van der Waals surface area contributed by atoms with E-state index in [9.17, 15) is 4.79 Å². The van der Waals surface area contributed by atoms with Crippen LogP contribution in [0.3, 0.4) is 0 Å². The molecule has 3 nitrogen and oxygen atoms in total.